The summed E-state index contributed by atoms with van der Waals surface area (Å²) in [6, 6.07) is 7.97. The minimum Gasteiger partial charge on any atom is -0.481 e. The van der Waals surface area contributed by atoms with Crippen molar-refractivity contribution in [1.29, 1.82) is 0 Å². The molecule has 0 saturated carbocycles. The van der Waals surface area contributed by atoms with Gasteiger partial charge in [-0.15, -0.1) is 0 Å². The summed E-state index contributed by atoms with van der Waals surface area (Å²) in [5, 5.41) is 8.74. The first-order valence-corrected chi connectivity index (χ1v) is 7.06. The van der Waals surface area contributed by atoms with Crippen molar-refractivity contribution >= 4 is 5.97 Å². The number of nitrogens with zero attached hydrogens (tertiary/aromatic N) is 1. The minimum atomic E-state index is -0.771. The number of hydrogen-bond donors (Lipinski definition) is 1. The van der Waals surface area contributed by atoms with Crippen LogP contribution in [-0.2, 0) is 17.8 Å². The predicted octanol–water partition coefficient (Wildman–Crippen LogP) is 2.79. The lowest BCUT2D eigenvalue weighted by Gasteiger charge is -2.18. The standard InChI is InChI=1S/C16H23NO2/c1-12(2)15-7-8-17(11-15)10-14-5-3-13(4-6-14)9-16(18)19/h3-6,12,15H,7-11H2,1-2H3,(H,18,19). The zero-order valence-corrected chi connectivity index (χ0v) is 11.8. The third-order valence-electron chi connectivity index (χ3n) is 4.04. The van der Waals surface area contributed by atoms with Gasteiger partial charge in [0.25, 0.3) is 0 Å². The molecule has 0 spiro atoms. The molecule has 1 heterocycles. The van der Waals surface area contributed by atoms with E-state index in [0.29, 0.717) is 0 Å². The van der Waals surface area contributed by atoms with Gasteiger partial charge in [0, 0.05) is 13.1 Å². The highest BCUT2D eigenvalue weighted by Crippen LogP contribution is 2.24. The van der Waals surface area contributed by atoms with Crippen molar-refractivity contribution in [3.63, 3.8) is 0 Å². The van der Waals surface area contributed by atoms with E-state index in [2.05, 4.69) is 30.9 Å². The van der Waals surface area contributed by atoms with Crippen LogP contribution in [0.3, 0.4) is 0 Å². The largest absolute Gasteiger partial charge is 0.481 e. The molecule has 1 N–H and O–H groups in total. The van der Waals surface area contributed by atoms with Crippen LogP contribution in [0.2, 0.25) is 0 Å². The van der Waals surface area contributed by atoms with Gasteiger partial charge >= 0.3 is 5.97 Å². The van der Waals surface area contributed by atoms with Gasteiger partial charge in [0.1, 0.15) is 0 Å². The first-order chi connectivity index (χ1) is 9.04. The summed E-state index contributed by atoms with van der Waals surface area (Å²) in [6.45, 7) is 7.95. The summed E-state index contributed by atoms with van der Waals surface area (Å²) in [6.07, 6.45) is 1.41. The second-order valence-electron chi connectivity index (χ2n) is 5.91. The number of carbonyl (C=O) groups is 1. The maximum absolute atomic E-state index is 10.6. The van der Waals surface area contributed by atoms with Crippen LogP contribution in [0.1, 0.15) is 31.4 Å². The van der Waals surface area contributed by atoms with E-state index >= 15 is 0 Å². The molecule has 1 fully saturated rings. The van der Waals surface area contributed by atoms with Gasteiger partial charge in [-0.3, -0.25) is 9.69 Å². The maximum Gasteiger partial charge on any atom is 0.307 e. The molecule has 1 aromatic rings. The summed E-state index contributed by atoms with van der Waals surface area (Å²) in [7, 11) is 0. The van der Waals surface area contributed by atoms with Gasteiger partial charge in [-0.1, -0.05) is 38.1 Å². The molecule has 19 heavy (non-hydrogen) atoms. The quantitative estimate of drug-likeness (QED) is 0.886. The topological polar surface area (TPSA) is 40.5 Å². The van der Waals surface area contributed by atoms with Crippen LogP contribution in [-0.4, -0.2) is 29.1 Å². The molecular formula is C16H23NO2. The first kappa shape index (κ1) is 14.1. The molecule has 0 aliphatic carbocycles. The number of rotatable bonds is 5. The van der Waals surface area contributed by atoms with Gasteiger partial charge in [0.2, 0.25) is 0 Å². The average molecular weight is 261 g/mol. The Bertz CT molecular complexity index is 425. The Labute approximate surface area is 115 Å². The molecule has 0 amide bonds. The summed E-state index contributed by atoms with van der Waals surface area (Å²) in [5.41, 5.74) is 2.15. The predicted molar refractivity (Wildman–Crippen MR) is 76.0 cm³/mol. The zero-order chi connectivity index (χ0) is 13.8. The Morgan fingerprint density at radius 2 is 1.95 bits per heavy atom. The molecule has 3 heteroatoms. The van der Waals surface area contributed by atoms with E-state index in [1.807, 2.05) is 12.1 Å². The van der Waals surface area contributed by atoms with Gasteiger partial charge in [-0.05, 0) is 35.9 Å². The van der Waals surface area contributed by atoms with Crippen molar-refractivity contribution in [3.05, 3.63) is 35.4 Å². The normalized spacial score (nSPS) is 20.1. The number of carboxylic acids is 1. The van der Waals surface area contributed by atoms with Gasteiger partial charge < -0.3 is 5.11 Å². The summed E-state index contributed by atoms with van der Waals surface area (Å²) >= 11 is 0. The Hall–Kier alpha value is -1.35. The van der Waals surface area contributed by atoms with Crippen LogP contribution in [0.5, 0.6) is 0 Å². The van der Waals surface area contributed by atoms with Gasteiger partial charge in [0.05, 0.1) is 6.42 Å². The number of carboxylic acid groups (broad SMARTS) is 1. The highest BCUT2D eigenvalue weighted by Gasteiger charge is 2.24. The van der Waals surface area contributed by atoms with Crippen molar-refractivity contribution in [2.45, 2.75) is 33.2 Å². The molecule has 1 aliphatic rings. The van der Waals surface area contributed by atoms with Crippen LogP contribution in [0, 0.1) is 11.8 Å². The number of benzene rings is 1. The van der Waals surface area contributed by atoms with E-state index in [0.717, 1.165) is 23.9 Å². The smallest absolute Gasteiger partial charge is 0.307 e. The highest BCUT2D eigenvalue weighted by atomic mass is 16.4. The molecule has 0 radical (unpaired) electrons. The first-order valence-electron chi connectivity index (χ1n) is 7.06. The van der Waals surface area contributed by atoms with E-state index < -0.39 is 5.97 Å². The molecule has 1 saturated heterocycles. The van der Waals surface area contributed by atoms with Crippen LogP contribution >= 0.6 is 0 Å². The van der Waals surface area contributed by atoms with Crippen molar-refractivity contribution in [3.8, 4) is 0 Å². The van der Waals surface area contributed by atoms with Crippen LogP contribution < -0.4 is 0 Å². The number of hydrogen-bond acceptors (Lipinski definition) is 2. The fourth-order valence-corrected chi connectivity index (χ4v) is 2.75. The third-order valence-corrected chi connectivity index (χ3v) is 4.04. The lowest BCUT2D eigenvalue weighted by atomic mass is 9.95. The Balaban J connectivity index is 1.88. The molecule has 2 rings (SSSR count). The van der Waals surface area contributed by atoms with Crippen molar-refractivity contribution < 1.29 is 9.90 Å². The fraction of sp³-hybridized carbons (Fsp3) is 0.562. The van der Waals surface area contributed by atoms with Crippen molar-refractivity contribution in [2.24, 2.45) is 11.8 Å². The SMILES string of the molecule is CC(C)C1CCN(Cc2ccc(CC(=O)O)cc2)C1. The summed E-state index contributed by atoms with van der Waals surface area (Å²) in [5.74, 6) is 0.821. The van der Waals surface area contributed by atoms with E-state index in [1.54, 1.807) is 0 Å². The number of aliphatic carboxylic acids is 1. The molecule has 3 nitrogen and oxygen atoms in total. The third kappa shape index (κ3) is 4.06. The van der Waals surface area contributed by atoms with Gasteiger partial charge in [0.15, 0.2) is 0 Å². The lowest BCUT2D eigenvalue weighted by molar-refractivity contribution is -0.136. The molecule has 104 valence electrons. The average Bonchev–Trinajstić information content (AvgIpc) is 2.80. The van der Waals surface area contributed by atoms with Gasteiger partial charge in [-0.25, -0.2) is 0 Å². The van der Waals surface area contributed by atoms with E-state index in [9.17, 15) is 4.79 Å². The van der Waals surface area contributed by atoms with Crippen LogP contribution in [0.25, 0.3) is 0 Å². The Morgan fingerprint density at radius 3 is 2.47 bits per heavy atom. The second-order valence-corrected chi connectivity index (χ2v) is 5.91. The molecule has 1 atom stereocenters. The monoisotopic (exact) mass is 261 g/mol. The van der Waals surface area contributed by atoms with E-state index in [1.165, 1.54) is 25.1 Å². The van der Waals surface area contributed by atoms with Crippen LogP contribution in [0.15, 0.2) is 24.3 Å². The van der Waals surface area contributed by atoms with Crippen LogP contribution in [0.4, 0.5) is 0 Å². The Morgan fingerprint density at radius 1 is 1.32 bits per heavy atom. The minimum absolute atomic E-state index is 0.111. The Kier molecular flexibility index (Phi) is 4.59. The molecule has 0 aromatic heterocycles. The van der Waals surface area contributed by atoms with E-state index in [-0.39, 0.29) is 6.42 Å². The second kappa shape index (κ2) is 6.20. The molecule has 1 unspecified atom stereocenters. The summed E-state index contributed by atoms with van der Waals surface area (Å²) < 4.78 is 0. The maximum atomic E-state index is 10.6. The van der Waals surface area contributed by atoms with E-state index in [4.69, 9.17) is 5.11 Å². The molecule has 1 aliphatic heterocycles. The molecular weight excluding hydrogens is 238 g/mol. The van der Waals surface area contributed by atoms with Crippen molar-refractivity contribution in [2.75, 3.05) is 13.1 Å². The van der Waals surface area contributed by atoms with Gasteiger partial charge in [-0.2, -0.15) is 0 Å². The zero-order valence-electron chi connectivity index (χ0n) is 11.8. The highest BCUT2D eigenvalue weighted by molar-refractivity contribution is 5.70. The molecule has 0 bridgehead atoms. The lowest BCUT2D eigenvalue weighted by Crippen LogP contribution is -2.21. The summed E-state index contributed by atoms with van der Waals surface area (Å²) in [4.78, 5) is 13.1. The fourth-order valence-electron chi connectivity index (χ4n) is 2.75. The number of likely N-dealkylation sites (tertiary alicyclic amines) is 1. The molecule has 1 aromatic carbocycles. The van der Waals surface area contributed by atoms with Crippen molar-refractivity contribution in [1.82, 2.24) is 4.90 Å².